The summed E-state index contributed by atoms with van der Waals surface area (Å²) in [6.07, 6.45) is 7.63. The van der Waals surface area contributed by atoms with Gasteiger partial charge in [0, 0.05) is 10.5 Å². The molecule has 0 radical (unpaired) electrons. The number of hydrogen-bond acceptors (Lipinski definition) is 1. The Kier molecular flexibility index (Phi) is 6.87. The predicted molar refractivity (Wildman–Crippen MR) is 108 cm³/mol. The van der Waals surface area contributed by atoms with Gasteiger partial charge in [0.05, 0.1) is 0 Å². The van der Waals surface area contributed by atoms with E-state index in [1.54, 1.807) is 0 Å². The first-order valence-electron chi connectivity index (χ1n) is 9.70. The van der Waals surface area contributed by atoms with Crippen LogP contribution in [-0.2, 0) is 4.43 Å². The van der Waals surface area contributed by atoms with Crippen molar-refractivity contribution in [3.63, 3.8) is 0 Å². The van der Waals surface area contributed by atoms with Crippen LogP contribution in [-0.4, -0.2) is 18.8 Å². The molecule has 0 aromatic heterocycles. The Morgan fingerprint density at radius 2 is 1.77 bits per heavy atom. The molecule has 0 bridgehead atoms. The average Bonchev–Trinajstić information content (AvgIpc) is 2.90. The van der Waals surface area contributed by atoms with E-state index in [0.29, 0.717) is 11.5 Å². The molecule has 1 nitrogen and oxygen atoms in total. The van der Waals surface area contributed by atoms with Gasteiger partial charge in [0.2, 0.25) is 0 Å². The fraction of sp³-hybridized carbons (Fsp3) is 1.00. The molecular formula is C19H37IOSi. The van der Waals surface area contributed by atoms with Crippen molar-refractivity contribution in [1.82, 2.24) is 0 Å². The second-order valence-electron chi connectivity index (χ2n) is 8.22. The van der Waals surface area contributed by atoms with Gasteiger partial charge in [0.1, 0.15) is 0 Å². The summed E-state index contributed by atoms with van der Waals surface area (Å²) < 4.78 is 8.32. The number of hydrogen-bond donors (Lipinski definition) is 0. The molecule has 5 atom stereocenters. The van der Waals surface area contributed by atoms with Gasteiger partial charge in [-0.15, -0.1) is 0 Å². The van der Waals surface area contributed by atoms with Crippen LogP contribution in [0.1, 0.15) is 66.7 Å². The van der Waals surface area contributed by atoms with Gasteiger partial charge < -0.3 is 4.43 Å². The summed E-state index contributed by atoms with van der Waals surface area (Å²) in [6.45, 7) is 12.2. The van der Waals surface area contributed by atoms with E-state index in [0.717, 1.165) is 17.8 Å². The predicted octanol–water partition coefficient (Wildman–Crippen LogP) is 6.66. The lowest BCUT2D eigenvalue weighted by molar-refractivity contribution is -0.0169. The van der Waals surface area contributed by atoms with E-state index in [2.05, 4.69) is 57.2 Å². The summed E-state index contributed by atoms with van der Waals surface area (Å²) in [5.74, 6) is 2.65. The van der Waals surface area contributed by atoms with E-state index >= 15 is 0 Å². The molecule has 0 amide bonds. The van der Waals surface area contributed by atoms with Crippen molar-refractivity contribution in [2.75, 3.05) is 4.43 Å². The van der Waals surface area contributed by atoms with Gasteiger partial charge >= 0.3 is 0 Å². The lowest BCUT2D eigenvalue weighted by Crippen LogP contribution is -2.48. The van der Waals surface area contributed by atoms with Crippen molar-refractivity contribution in [2.24, 2.45) is 23.2 Å². The van der Waals surface area contributed by atoms with Crippen LogP contribution < -0.4 is 0 Å². The van der Waals surface area contributed by atoms with Crippen LogP contribution >= 0.6 is 22.6 Å². The SMILES string of the molecule is CC[Si](CC)(CC)OC1CCCC2(C)C(C(C)CI)CCC12. The van der Waals surface area contributed by atoms with Crippen LogP contribution in [0.4, 0.5) is 0 Å². The molecule has 2 fully saturated rings. The Hall–Kier alpha value is 0.907. The highest BCUT2D eigenvalue weighted by Crippen LogP contribution is 2.58. The average molecular weight is 436 g/mol. The molecule has 22 heavy (non-hydrogen) atoms. The minimum absolute atomic E-state index is 0.558. The minimum Gasteiger partial charge on any atom is -0.414 e. The molecule has 5 unspecified atom stereocenters. The summed E-state index contributed by atoms with van der Waals surface area (Å²) in [5.41, 5.74) is 0.558. The van der Waals surface area contributed by atoms with Gasteiger partial charge in [0.25, 0.3) is 0 Å². The van der Waals surface area contributed by atoms with Crippen molar-refractivity contribution in [3.8, 4) is 0 Å². The standard InChI is InChI=1S/C19H37IOSi/c1-6-22(7-2,8-3)21-18-10-9-13-19(5)16(15(4)14-20)11-12-17(18)19/h15-18H,6-14H2,1-5H3. The zero-order valence-electron chi connectivity index (χ0n) is 15.5. The maximum Gasteiger partial charge on any atom is 0.192 e. The van der Waals surface area contributed by atoms with Gasteiger partial charge in [-0.1, -0.05) is 63.6 Å². The van der Waals surface area contributed by atoms with Gasteiger partial charge in [0.15, 0.2) is 8.32 Å². The Bertz CT molecular complexity index is 349. The van der Waals surface area contributed by atoms with E-state index in [1.807, 2.05) is 0 Å². The molecule has 2 rings (SSSR count). The van der Waals surface area contributed by atoms with Crippen LogP contribution in [0.25, 0.3) is 0 Å². The number of halogens is 1. The Morgan fingerprint density at radius 1 is 1.14 bits per heavy atom. The highest BCUT2D eigenvalue weighted by atomic mass is 127. The highest BCUT2D eigenvalue weighted by molar-refractivity contribution is 14.1. The molecule has 0 spiro atoms. The first-order valence-corrected chi connectivity index (χ1v) is 13.8. The second kappa shape index (κ2) is 7.86. The smallest absolute Gasteiger partial charge is 0.192 e. The van der Waals surface area contributed by atoms with E-state index in [9.17, 15) is 0 Å². The molecular weight excluding hydrogens is 399 g/mol. The quantitative estimate of drug-likeness (QED) is 0.246. The fourth-order valence-electron chi connectivity index (χ4n) is 5.66. The highest BCUT2D eigenvalue weighted by Gasteiger charge is 2.53. The van der Waals surface area contributed by atoms with Gasteiger partial charge in [-0.05, 0) is 67.0 Å². The summed E-state index contributed by atoms with van der Waals surface area (Å²) in [4.78, 5) is 0. The topological polar surface area (TPSA) is 9.23 Å². The maximum atomic E-state index is 7.00. The van der Waals surface area contributed by atoms with Crippen molar-refractivity contribution < 1.29 is 4.43 Å². The lowest BCUT2D eigenvalue weighted by atomic mass is 9.62. The Morgan fingerprint density at radius 3 is 2.32 bits per heavy atom. The Labute approximate surface area is 153 Å². The van der Waals surface area contributed by atoms with Crippen LogP contribution in [0.15, 0.2) is 0 Å². The van der Waals surface area contributed by atoms with E-state index in [-0.39, 0.29) is 0 Å². The molecule has 0 aliphatic heterocycles. The van der Waals surface area contributed by atoms with Crippen molar-refractivity contribution >= 4 is 30.9 Å². The van der Waals surface area contributed by atoms with Crippen LogP contribution in [0.5, 0.6) is 0 Å². The third-order valence-corrected chi connectivity index (χ3v) is 13.5. The molecule has 0 N–H and O–H groups in total. The summed E-state index contributed by atoms with van der Waals surface area (Å²) >= 11 is 2.59. The zero-order chi connectivity index (χ0) is 16.4. The maximum absolute atomic E-state index is 7.00. The molecule has 0 heterocycles. The Balaban J connectivity index is 2.16. The molecule has 2 aliphatic rings. The lowest BCUT2D eigenvalue weighted by Gasteiger charge is -2.48. The molecule has 0 saturated heterocycles. The minimum atomic E-state index is -1.46. The molecule has 2 aliphatic carbocycles. The van der Waals surface area contributed by atoms with E-state index < -0.39 is 8.32 Å². The second-order valence-corrected chi connectivity index (χ2v) is 13.8. The number of rotatable bonds is 7. The molecule has 3 heteroatoms. The largest absolute Gasteiger partial charge is 0.414 e. The van der Waals surface area contributed by atoms with E-state index in [4.69, 9.17) is 4.43 Å². The monoisotopic (exact) mass is 436 g/mol. The van der Waals surface area contributed by atoms with Crippen molar-refractivity contribution in [2.45, 2.75) is 91.0 Å². The van der Waals surface area contributed by atoms with Gasteiger partial charge in [-0.25, -0.2) is 0 Å². The van der Waals surface area contributed by atoms with Gasteiger partial charge in [-0.2, -0.15) is 0 Å². The van der Waals surface area contributed by atoms with Crippen LogP contribution in [0, 0.1) is 23.2 Å². The van der Waals surface area contributed by atoms with Gasteiger partial charge in [-0.3, -0.25) is 0 Å². The third kappa shape index (κ3) is 3.46. The van der Waals surface area contributed by atoms with Crippen molar-refractivity contribution in [3.05, 3.63) is 0 Å². The first kappa shape index (κ1) is 19.2. The molecule has 0 aromatic carbocycles. The number of alkyl halides is 1. The van der Waals surface area contributed by atoms with Crippen molar-refractivity contribution in [1.29, 1.82) is 0 Å². The third-order valence-electron chi connectivity index (χ3n) is 7.40. The number of fused-ring (bicyclic) bond motifs is 1. The molecule has 130 valence electrons. The summed E-state index contributed by atoms with van der Waals surface area (Å²) in [5, 5.41) is 0. The van der Waals surface area contributed by atoms with Crippen LogP contribution in [0.3, 0.4) is 0 Å². The first-order chi connectivity index (χ1) is 10.5. The summed E-state index contributed by atoms with van der Waals surface area (Å²) in [6, 6.07) is 3.90. The normalized spacial score (nSPS) is 37.1. The summed E-state index contributed by atoms with van der Waals surface area (Å²) in [7, 11) is -1.46. The van der Waals surface area contributed by atoms with Crippen LogP contribution in [0.2, 0.25) is 18.1 Å². The zero-order valence-corrected chi connectivity index (χ0v) is 18.6. The molecule has 2 saturated carbocycles. The van der Waals surface area contributed by atoms with E-state index in [1.165, 1.54) is 54.7 Å². The molecule has 0 aromatic rings. The fourth-order valence-corrected chi connectivity index (χ4v) is 9.20.